The zero-order valence-electron chi connectivity index (χ0n) is 8.17. The first kappa shape index (κ1) is 14.8. The number of hydrogen-bond donors (Lipinski definition) is 0. The molecule has 0 aliphatic heterocycles. The number of halogens is 5. The number of aromatic nitrogens is 2. The summed E-state index contributed by atoms with van der Waals surface area (Å²) in [5.74, 6) is 0. The lowest BCUT2D eigenvalue weighted by Crippen LogP contribution is -1.75. The topological polar surface area (TPSA) is 25.8 Å². The molecular weight excluding hydrogens is 325 g/mol. The summed E-state index contributed by atoms with van der Waals surface area (Å²) in [6.07, 6.45) is 1.50. The summed E-state index contributed by atoms with van der Waals surface area (Å²) in [6, 6.07) is 6.51. The summed E-state index contributed by atoms with van der Waals surface area (Å²) < 4.78 is 0. The van der Waals surface area contributed by atoms with E-state index < -0.39 is 0 Å². The van der Waals surface area contributed by atoms with Crippen LogP contribution in [0.2, 0.25) is 25.5 Å². The minimum absolute atomic E-state index is 0.240. The van der Waals surface area contributed by atoms with Crippen LogP contribution in [0.4, 0.5) is 0 Å². The van der Waals surface area contributed by atoms with Crippen molar-refractivity contribution < 1.29 is 0 Å². The van der Waals surface area contributed by atoms with E-state index in [1.54, 1.807) is 24.3 Å². The van der Waals surface area contributed by atoms with Gasteiger partial charge in [0.15, 0.2) is 0 Å². The van der Waals surface area contributed by atoms with Crippen LogP contribution in [0, 0.1) is 0 Å². The highest BCUT2D eigenvalue weighted by Gasteiger charge is 1.96. The Morgan fingerprint density at radius 3 is 1.82 bits per heavy atom. The Kier molecular flexibility index (Phi) is 6.31. The van der Waals surface area contributed by atoms with Crippen molar-refractivity contribution in [3.8, 4) is 0 Å². The molecule has 7 heteroatoms. The van der Waals surface area contributed by atoms with E-state index >= 15 is 0 Å². The minimum atomic E-state index is 0.240. The molecule has 0 aliphatic rings. The largest absolute Gasteiger partial charge is 0.243 e. The standard InChI is InChI=1S/C5H2Cl3N.C5H3Cl2N/c6-3-1-2-4(7)9-5(3)8;6-4-1-2-5(7)8-3-4/h1-2H;1-3H. The van der Waals surface area contributed by atoms with Crippen LogP contribution in [0.25, 0.3) is 0 Å². The maximum Gasteiger partial charge on any atom is 0.149 e. The van der Waals surface area contributed by atoms with Crippen LogP contribution >= 0.6 is 58.0 Å². The highest BCUT2D eigenvalue weighted by atomic mass is 35.5. The number of nitrogens with zero attached hydrogens (tertiary/aromatic N) is 2. The molecule has 0 saturated carbocycles. The highest BCUT2D eigenvalue weighted by Crippen LogP contribution is 2.20. The maximum absolute atomic E-state index is 5.53. The van der Waals surface area contributed by atoms with Crippen LogP contribution in [0.1, 0.15) is 0 Å². The second-order valence-electron chi connectivity index (χ2n) is 2.71. The van der Waals surface area contributed by atoms with Crippen LogP contribution in [0.15, 0.2) is 30.5 Å². The van der Waals surface area contributed by atoms with Gasteiger partial charge >= 0.3 is 0 Å². The summed E-state index contributed by atoms with van der Waals surface area (Å²) >= 11 is 27.4. The van der Waals surface area contributed by atoms with E-state index in [2.05, 4.69) is 9.97 Å². The summed E-state index contributed by atoms with van der Waals surface area (Å²) in [5.41, 5.74) is 0. The molecule has 0 spiro atoms. The first-order chi connectivity index (χ1) is 7.99. The average molecular weight is 330 g/mol. The van der Waals surface area contributed by atoms with Crippen molar-refractivity contribution in [1.82, 2.24) is 9.97 Å². The maximum atomic E-state index is 5.53. The van der Waals surface area contributed by atoms with E-state index in [-0.39, 0.29) is 5.15 Å². The van der Waals surface area contributed by atoms with Crippen molar-refractivity contribution in [3.63, 3.8) is 0 Å². The average Bonchev–Trinajstić information content (AvgIpc) is 2.29. The van der Waals surface area contributed by atoms with Gasteiger partial charge in [0.25, 0.3) is 0 Å². The molecule has 2 rings (SSSR count). The van der Waals surface area contributed by atoms with Crippen molar-refractivity contribution in [2.45, 2.75) is 0 Å². The fourth-order valence-electron chi connectivity index (χ4n) is 0.753. The first-order valence-electron chi connectivity index (χ1n) is 4.23. The van der Waals surface area contributed by atoms with Gasteiger partial charge < -0.3 is 0 Å². The van der Waals surface area contributed by atoms with E-state index in [9.17, 15) is 0 Å². The lowest BCUT2D eigenvalue weighted by Gasteiger charge is -1.91. The van der Waals surface area contributed by atoms with Gasteiger partial charge in [-0.25, -0.2) is 9.97 Å². The minimum Gasteiger partial charge on any atom is -0.243 e. The summed E-state index contributed by atoms with van der Waals surface area (Å²) in [7, 11) is 0. The van der Waals surface area contributed by atoms with Gasteiger partial charge in [0.2, 0.25) is 0 Å². The van der Waals surface area contributed by atoms with Gasteiger partial charge in [-0.1, -0.05) is 58.0 Å². The lowest BCUT2D eigenvalue weighted by atomic mass is 10.5. The predicted molar refractivity (Wildman–Crippen MR) is 73.5 cm³/mol. The molecule has 0 aromatic carbocycles. The molecule has 0 bridgehead atoms. The van der Waals surface area contributed by atoms with E-state index in [0.29, 0.717) is 20.4 Å². The Morgan fingerprint density at radius 1 is 0.765 bits per heavy atom. The quantitative estimate of drug-likeness (QED) is 0.602. The molecule has 90 valence electrons. The summed E-state index contributed by atoms with van der Waals surface area (Å²) in [4.78, 5) is 7.38. The second-order valence-corrected chi connectivity index (χ2v) is 4.68. The van der Waals surface area contributed by atoms with E-state index in [4.69, 9.17) is 58.0 Å². The van der Waals surface area contributed by atoms with E-state index in [1.165, 1.54) is 6.20 Å². The van der Waals surface area contributed by atoms with E-state index in [1.807, 2.05) is 0 Å². The monoisotopic (exact) mass is 328 g/mol. The zero-order chi connectivity index (χ0) is 12.8. The van der Waals surface area contributed by atoms with Crippen molar-refractivity contribution in [3.05, 3.63) is 56.0 Å². The van der Waals surface area contributed by atoms with Crippen LogP contribution in [0.3, 0.4) is 0 Å². The Balaban J connectivity index is 0.000000171. The summed E-state index contributed by atoms with van der Waals surface area (Å²) in [5, 5.41) is 2.08. The van der Waals surface area contributed by atoms with Crippen LogP contribution in [-0.2, 0) is 0 Å². The third-order valence-corrected chi connectivity index (χ3v) is 2.81. The third kappa shape index (κ3) is 5.75. The molecular formula is C10H5Cl5N2. The van der Waals surface area contributed by atoms with E-state index in [0.717, 1.165) is 0 Å². The van der Waals surface area contributed by atoms with Crippen molar-refractivity contribution >= 4 is 58.0 Å². The number of rotatable bonds is 0. The normalized spacial score (nSPS) is 9.47. The molecule has 2 heterocycles. The van der Waals surface area contributed by atoms with Crippen molar-refractivity contribution in [2.24, 2.45) is 0 Å². The lowest BCUT2D eigenvalue weighted by molar-refractivity contribution is 1.33. The molecule has 0 saturated heterocycles. The fourth-order valence-corrected chi connectivity index (χ4v) is 1.43. The SMILES string of the molecule is Clc1ccc(Cl)c(Cl)n1.Clc1ccc(Cl)nc1. The molecule has 0 radical (unpaired) electrons. The zero-order valence-corrected chi connectivity index (χ0v) is 12.0. The van der Waals surface area contributed by atoms with Crippen LogP contribution in [-0.4, -0.2) is 9.97 Å². The van der Waals surface area contributed by atoms with Gasteiger partial charge in [-0.05, 0) is 24.3 Å². The predicted octanol–water partition coefficient (Wildman–Crippen LogP) is 5.43. The molecule has 17 heavy (non-hydrogen) atoms. The molecule has 0 atom stereocenters. The van der Waals surface area contributed by atoms with Gasteiger partial charge in [-0.3, -0.25) is 0 Å². The Hall–Kier alpha value is -0.250. The van der Waals surface area contributed by atoms with Gasteiger partial charge in [-0.15, -0.1) is 0 Å². The Morgan fingerprint density at radius 2 is 1.41 bits per heavy atom. The third-order valence-electron chi connectivity index (χ3n) is 1.46. The molecule has 0 aliphatic carbocycles. The number of hydrogen-bond acceptors (Lipinski definition) is 2. The van der Waals surface area contributed by atoms with Gasteiger partial charge in [0.05, 0.1) is 10.0 Å². The van der Waals surface area contributed by atoms with Crippen molar-refractivity contribution in [1.29, 1.82) is 0 Å². The highest BCUT2D eigenvalue weighted by molar-refractivity contribution is 6.41. The molecule has 0 N–H and O–H groups in total. The smallest absolute Gasteiger partial charge is 0.149 e. The first-order valence-corrected chi connectivity index (χ1v) is 6.12. The van der Waals surface area contributed by atoms with Crippen LogP contribution < -0.4 is 0 Å². The molecule has 2 aromatic heterocycles. The van der Waals surface area contributed by atoms with Crippen molar-refractivity contribution in [2.75, 3.05) is 0 Å². The molecule has 0 amide bonds. The van der Waals surface area contributed by atoms with Gasteiger partial charge in [0.1, 0.15) is 15.5 Å². The summed E-state index contributed by atoms with van der Waals surface area (Å²) in [6.45, 7) is 0. The second kappa shape index (κ2) is 7.24. The molecule has 2 aromatic rings. The Bertz CT molecular complexity index is 466. The van der Waals surface area contributed by atoms with Gasteiger partial charge in [0, 0.05) is 6.20 Å². The fraction of sp³-hybridized carbons (Fsp3) is 0. The molecule has 2 nitrogen and oxygen atoms in total. The van der Waals surface area contributed by atoms with Gasteiger partial charge in [-0.2, -0.15) is 0 Å². The number of pyridine rings is 2. The van der Waals surface area contributed by atoms with Crippen LogP contribution in [0.5, 0.6) is 0 Å². The molecule has 0 fully saturated rings. The Labute approximate surface area is 123 Å². The molecule has 0 unspecified atom stereocenters.